The molecule has 0 saturated carbocycles. The number of aromatic nitrogens is 1. The number of benzene rings is 2. The van der Waals surface area contributed by atoms with Gasteiger partial charge in [-0.05, 0) is 50.6 Å². The number of carbonyl (C=O) groups is 1. The van der Waals surface area contributed by atoms with Gasteiger partial charge in [-0.3, -0.25) is 4.98 Å². The second kappa shape index (κ2) is 5.06. The normalized spacial score (nSPS) is 10.7. The molecule has 1 N–H and O–H groups in total. The molecule has 0 aliphatic carbocycles. The van der Waals surface area contributed by atoms with Crippen molar-refractivity contribution in [3.8, 4) is 11.1 Å². The Hall–Kier alpha value is -2.20. The quantitative estimate of drug-likeness (QED) is 0.760. The van der Waals surface area contributed by atoms with Gasteiger partial charge in [0.1, 0.15) is 0 Å². The van der Waals surface area contributed by atoms with Crippen LogP contribution in [0.2, 0.25) is 0 Å². The van der Waals surface area contributed by atoms with Crippen LogP contribution in [0.1, 0.15) is 10.4 Å². The van der Waals surface area contributed by atoms with Gasteiger partial charge in [-0.15, -0.1) is 0 Å². The Balaban J connectivity index is 2.26. The lowest BCUT2D eigenvalue weighted by Gasteiger charge is -2.08. The molecule has 1 aromatic heterocycles. The number of nitrogens with zero attached hydrogens (tertiary/aromatic N) is 1. The van der Waals surface area contributed by atoms with E-state index < -0.39 is 5.97 Å². The van der Waals surface area contributed by atoms with Crippen LogP contribution < -0.4 is 0 Å². The summed E-state index contributed by atoms with van der Waals surface area (Å²) in [6.45, 7) is 0. The summed E-state index contributed by atoms with van der Waals surface area (Å²) in [6, 6.07) is 13.2. The lowest BCUT2D eigenvalue weighted by Crippen LogP contribution is -1.98. The van der Waals surface area contributed by atoms with Crippen molar-refractivity contribution in [2.45, 2.75) is 0 Å². The molecule has 0 aliphatic rings. The molecule has 3 nitrogen and oxygen atoms in total. The van der Waals surface area contributed by atoms with Crippen LogP contribution >= 0.6 is 15.9 Å². The van der Waals surface area contributed by atoms with Gasteiger partial charge in [0.05, 0.1) is 5.56 Å². The highest BCUT2D eigenvalue weighted by Crippen LogP contribution is 2.30. The van der Waals surface area contributed by atoms with Crippen molar-refractivity contribution in [2.75, 3.05) is 0 Å². The Morgan fingerprint density at radius 2 is 2.00 bits per heavy atom. The van der Waals surface area contributed by atoms with Gasteiger partial charge in [-0.1, -0.05) is 24.3 Å². The minimum Gasteiger partial charge on any atom is -0.478 e. The predicted molar refractivity (Wildman–Crippen MR) is 81.8 cm³/mol. The van der Waals surface area contributed by atoms with Crippen molar-refractivity contribution >= 4 is 32.7 Å². The summed E-state index contributed by atoms with van der Waals surface area (Å²) in [4.78, 5) is 15.4. The summed E-state index contributed by atoms with van der Waals surface area (Å²) in [5.41, 5.74) is 2.10. The molecule has 4 heteroatoms. The van der Waals surface area contributed by atoms with Crippen LogP contribution in [0.4, 0.5) is 0 Å². The molecule has 0 aliphatic heterocycles. The Morgan fingerprint density at radius 1 is 1.15 bits per heavy atom. The number of fused-ring (bicyclic) bond motifs is 1. The molecule has 98 valence electrons. The third-order valence-electron chi connectivity index (χ3n) is 3.19. The van der Waals surface area contributed by atoms with Crippen molar-refractivity contribution in [3.63, 3.8) is 0 Å². The second-order valence-corrected chi connectivity index (χ2v) is 5.26. The minimum atomic E-state index is -0.947. The number of carboxylic acid groups (broad SMARTS) is 1. The highest BCUT2D eigenvalue weighted by molar-refractivity contribution is 9.10. The molecular weight excluding hydrogens is 318 g/mol. The highest BCUT2D eigenvalue weighted by atomic mass is 79.9. The first-order valence-electron chi connectivity index (χ1n) is 6.03. The molecule has 0 fully saturated rings. The zero-order valence-electron chi connectivity index (χ0n) is 10.4. The first-order valence-corrected chi connectivity index (χ1v) is 6.82. The van der Waals surface area contributed by atoms with E-state index in [1.54, 1.807) is 24.5 Å². The van der Waals surface area contributed by atoms with Crippen molar-refractivity contribution < 1.29 is 9.90 Å². The number of hydrogen-bond acceptors (Lipinski definition) is 2. The second-order valence-electron chi connectivity index (χ2n) is 4.40. The number of rotatable bonds is 2. The molecule has 0 atom stereocenters. The molecule has 1 heterocycles. The van der Waals surface area contributed by atoms with Crippen LogP contribution in [0.15, 0.2) is 59.3 Å². The molecule has 20 heavy (non-hydrogen) atoms. The van der Waals surface area contributed by atoms with E-state index >= 15 is 0 Å². The number of aromatic carboxylic acids is 1. The first kappa shape index (κ1) is 12.8. The number of hydrogen-bond donors (Lipinski definition) is 1. The largest absolute Gasteiger partial charge is 0.478 e. The Morgan fingerprint density at radius 3 is 2.80 bits per heavy atom. The molecule has 0 unspecified atom stereocenters. The molecule has 0 amide bonds. The summed E-state index contributed by atoms with van der Waals surface area (Å²) >= 11 is 3.26. The number of halogens is 1. The van der Waals surface area contributed by atoms with Crippen LogP contribution in [0, 0.1) is 0 Å². The van der Waals surface area contributed by atoms with Gasteiger partial charge in [0.25, 0.3) is 0 Å². The third kappa shape index (κ3) is 2.18. The van der Waals surface area contributed by atoms with Gasteiger partial charge in [0.15, 0.2) is 0 Å². The fraction of sp³-hybridized carbons (Fsp3) is 0. The van der Waals surface area contributed by atoms with Gasteiger partial charge in [-0.2, -0.15) is 0 Å². The van der Waals surface area contributed by atoms with Gasteiger partial charge in [0.2, 0.25) is 0 Å². The average molecular weight is 328 g/mol. The third-order valence-corrected chi connectivity index (χ3v) is 3.88. The molecule has 0 saturated heterocycles. The minimum absolute atomic E-state index is 0.253. The van der Waals surface area contributed by atoms with E-state index in [-0.39, 0.29) is 5.56 Å². The van der Waals surface area contributed by atoms with E-state index in [1.807, 2.05) is 30.3 Å². The Kier molecular flexibility index (Phi) is 3.24. The standard InChI is InChI=1S/C16H10BrNO2/c17-15-5-4-11(8-13(15)16(19)20)12-3-1-2-10-6-7-18-9-14(10)12/h1-9H,(H,19,20). The fourth-order valence-electron chi connectivity index (χ4n) is 2.22. The Labute approximate surface area is 124 Å². The smallest absolute Gasteiger partial charge is 0.336 e. The monoisotopic (exact) mass is 327 g/mol. The first-order chi connectivity index (χ1) is 9.66. The molecule has 3 rings (SSSR count). The molecule has 2 aromatic carbocycles. The summed E-state index contributed by atoms with van der Waals surface area (Å²) in [5, 5.41) is 11.3. The van der Waals surface area contributed by atoms with Gasteiger partial charge in [-0.25, -0.2) is 4.79 Å². The summed E-state index contributed by atoms with van der Waals surface area (Å²) in [5.74, 6) is -0.947. The highest BCUT2D eigenvalue weighted by Gasteiger charge is 2.11. The maximum Gasteiger partial charge on any atom is 0.336 e. The van der Waals surface area contributed by atoms with Crippen LogP contribution in [-0.4, -0.2) is 16.1 Å². The summed E-state index contributed by atoms with van der Waals surface area (Å²) in [6.07, 6.45) is 3.55. The van der Waals surface area contributed by atoms with Crippen LogP contribution in [-0.2, 0) is 0 Å². The topological polar surface area (TPSA) is 50.2 Å². The van der Waals surface area contributed by atoms with Crippen molar-refractivity contribution in [1.29, 1.82) is 0 Å². The van der Waals surface area contributed by atoms with E-state index in [4.69, 9.17) is 0 Å². The van der Waals surface area contributed by atoms with E-state index in [0.29, 0.717) is 4.47 Å². The summed E-state index contributed by atoms with van der Waals surface area (Å²) < 4.78 is 0.576. The van der Waals surface area contributed by atoms with Crippen molar-refractivity contribution in [2.24, 2.45) is 0 Å². The predicted octanol–water partition coefficient (Wildman–Crippen LogP) is 4.36. The number of carboxylic acids is 1. The fourth-order valence-corrected chi connectivity index (χ4v) is 2.64. The van der Waals surface area contributed by atoms with Gasteiger partial charge in [0, 0.05) is 22.3 Å². The lowest BCUT2D eigenvalue weighted by molar-refractivity contribution is 0.0696. The maximum absolute atomic E-state index is 11.2. The van der Waals surface area contributed by atoms with Crippen LogP contribution in [0.3, 0.4) is 0 Å². The maximum atomic E-state index is 11.2. The van der Waals surface area contributed by atoms with Crippen LogP contribution in [0.25, 0.3) is 21.9 Å². The van der Waals surface area contributed by atoms with E-state index in [9.17, 15) is 9.90 Å². The summed E-state index contributed by atoms with van der Waals surface area (Å²) in [7, 11) is 0. The van der Waals surface area contributed by atoms with Crippen molar-refractivity contribution in [1.82, 2.24) is 4.98 Å². The lowest BCUT2D eigenvalue weighted by atomic mass is 9.98. The van der Waals surface area contributed by atoms with Crippen LogP contribution in [0.5, 0.6) is 0 Å². The van der Waals surface area contributed by atoms with Gasteiger partial charge < -0.3 is 5.11 Å². The zero-order chi connectivity index (χ0) is 14.1. The number of pyridine rings is 1. The molecule has 0 radical (unpaired) electrons. The molecular formula is C16H10BrNO2. The average Bonchev–Trinajstić information content (AvgIpc) is 2.47. The van der Waals surface area contributed by atoms with Gasteiger partial charge >= 0.3 is 5.97 Å². The molecule has 3 aromatic rings. The SMILES string of the molecule is O=C(O)c1cc(-c2cccc3ccncc23)ccc1Br. The van der Waals surface area contributed by atoms with E-state index in [1.165, 1.54) is 0 Å². The van der Waals surface area contributed by atoms with E-state index in [2.05, 4.69) is 20.9 Å². The van der Waals surface area contributed by atoms with E-state index in [0.717, 1.165) is 21.9 Å². The zero-order valence-corrected chi connectivity index (χ0v) is 12.0. The van der Waals surface area contributed by atoms with Crippen molar-refractivity contribution in [3.05, 3.63) is 64.9 Å². The Bertz CT molecular complexity index is 809. The molecule has 0 bridgehead atoms. The molecule has 0 spiro atoms.